The monoisotopic (exact) mass is 293 g/mol. The smallest absolute Gasteiger partial charge is 0.343 e. The Morgan fingerprint density at radius 1 is 1.29 bits per heavy atom. The first-order chi connectivity index (χ1) is 10.0. The minimum atomic E-state index is -0.482. The summed E-state index contributed by atoms with van der Waals surface area (Å²) in [6.07, 6.45) is 5.11. The normalized spacial score (nSPS) is 17.5. The topological polar surface area (TPSA) is 87.3 Å². The van der Waals surface area contributed by atoms with Gasteiger partial charge < -0.3 is 15.2 Å². The van der Waals surface area contributed by atoms with Gasteiger partial charge in [0.1, 0.15) is 17.0 Å². The van der Waals surface area contributed by atoms with E-state index in [4.69, 9.17) is 15.2 Å². The number of nitrogens with zero attached hydrogens (tertiary/aromatic N) is 2. The van der Waals surface area contributed by atoms with E-state index in [9.17, 15) is 4.79 Å². The van der Waals surface area contributed by atoms with Gasteiger partial charge in [-0.3, -0.25) is 0 Å². The molecule has 0 radical (unpaired) electrons. The first kappa shape index (κ1) is 15.7. The molecule has 0 unspecified atom stereocenters. The van der Waals surface area contributed by atoms with Gasteiger partial charge in [0, 0.05) is 7.11 Å². The molecule has 0 amide bonds. The second-order valence-corrected chi connectivity index (χ2v) is 5.37. The molecule has 2 rings (SSSR count). The summed E-state index contributed by atoms with van der Waals surface area (Å²) in [5, 5.41) is 0. The summed E-state index contributed by atoms with van der Waals surface area (Å²) in [5.41, 5.74) is 6.28. The summed E-state index contributed by atoms with van der Waals surface area (Å²) >= 11 is 0. The van der Waals surface area contributed by atoms with E-state index in [1.165, 1.54) is 6.42 Å². The van der Waals surface area contributed by atoms with E-state index in [1.807, 2.05) is 0 Å². The Labute approximate surface area is 125 Å². The summed E-state index contributed by atoms with van der Waals surface area (Å²) < 4.78 is 10.7. The van der Waals surface area contributed by atoms with Gasteiger partial charge in [0.05, 0.1) is 12.3 Å². The number of ether oxygens (including phenoxy) is 2. The quantitative estimate of drug-likeness (QED) is 0.857. The number of nitrogens with two attached hydrogens (primary N) is 1. The lowest BCUT2D eigenvalue weighted by molar-refractivity contribution is -0.0515. The van der Waals surface area contributed by atoms with Crippen molar-refractivity contribution in [3.8, 4) is 0 Å². The number of aryl methyl sites for hydroxylation is 1. The zero-order chi connectivity index (χ0) is 15.5. The van der Waals surface area contributed by atoms with E-state index in [-0.39, 0.29) is 11.4 Å². The number of esters is 1. The maximum atomic E-state index is 11.9. The Bertz CT molecular complexity index is 502. The molecular formula is C15H23N3O3. The fourth-order valence-electron chi connectivity index (χ4n) is 2.90. The molecule has 0 bridgehead atoms. The summed E-state index contributed by atoms with van der Waals surface area (Å²) in [5.74, 6) is 0.264. The second kappa shape index (κ2) is 6.39. The average Bonchev–Trinajstić information content (AvgIpc) is 2.47. The van der Waals surface area contributed by atoms with E-state index < -0.39 is 11.6 Å². The van der Waals surface area contributed by atoms with Crippen LogP contribution in [0.5, 0.6) is 0 Å². The molecule has 1 aromatic rings. The SMILES string of the molecule is CCOC(=O)c1c(C)nc(C2(OC)CCCCC2)nc1N. The lowest BCUT2D eigenvalue weighted by Gasteiger charge is -2.34. The number of anilines is 1. The van der Waals surface area contributed by atoms with Crippen LogP contribution in [0.25, 0.3) is 0 Å². The highest BCUT2D eigenvalue weighted by Gasteiger charge is 2.37. The van der Waals surface area contributed by atoms with Crippen molar-refractivity contribution >= 4 is 11.8 Å². The fourth-order valence-corrected chi connectivity index (χ4v) is 2.90. The van der Waals surface area contributed by atoms with Crippen LogP contribution in [0.15, 0.2) is 0 Å². The van der Waals surface area contributed by atoms with E-state index >= 15 is 0 Å². The fraction of sp³-hybridized carbons (Fsp3) is 0.667. The van der Waals surface area contributed by atoms with Crippen molar-refractivity contribution in [3.63, 3.8) is 0 Å². The summed E-state index contributed by atoms with van der Waals surface area (Å²) in [6.45, 7) is 3.79. The van der Waals surface area contributed by atoms with E-state index in [2.05, 4.69) is 9.97 Å². The molecule has 6 nitrogen and oxygen atoms in total. The van der Waals surface area contributed by atoms with Gasteiger partial charge in [-0.15, -0.1) is 0 Å². The van der Waals surface area contributed by atoms with Gasteiger partial charge in [-0.25, -0.2) is 14.8 Å². The van der Waals surface area contributed by atoms with Crippen LogP contribution in [0.4, 0.5) is 5.82 Å². The molecule has 0 aliphatic heterocycles. The zero-order valence-corrected chi connectivity index (χ0v) is 12.9. The molecule has 1 fully saturated rings. The number of hydrogen-bond acceptors (Lipinski definition) is 6. The maximum absolute atomic E-state index is 11.9. The average molecular weight is 293 g/mol. The van der Waals surface area contributed by atoms with Gasteiger partial charge in [0.15, 0.2) is 5.82 Å². The van der Waals surface area contributed by atoms with Gasteiger partial charge in [-0.2, -0.15) is 0 Å². The van der Waals surface area contributed by atoms with Gasteiger partial charge >= 0.3 is 5.97 Å². The molecule has 0 aromatic carbocycles. The molecule has 1 saturated carbocycles. The second-order valence-electron chi connectivity index (χ2n) is 5.37. The highest BCUT2D eigenvalue weighted by atomic mass is 16.5. The number of nitrogen functional groups attached to an aromatic ring is 1. The molecule has 1 aromatic heterocycles. The molecule has 2 N–H and O–H groups in total. The van der Waals surface area contributed by atoms with Crippen LogP contribution in [-0.4, -0.2) is 29.7 Å². The molecule has 21 heavy (non-hydrogen) atoms. The van der Waals surface area contributed by atoms with Crippen molar-refractivity contribution in [2.45, 2.75) is 51.6 Å². The first-order valence-electron chi connectivity index (χ1n) is 7.41. The van der Waals surface area contributed by atoms with Crippen LogP contribution < -0.4 is 5.73 Å². The minimum absolute atomic E-state index is 0.165. The summed E-state index contributed by atoms with van der Waals surface area (Å²) in [7, 11) is 1.68. The van der Waals surface area contributed by atoms with Gasteiger partial charge in [0.25, 0.3) is 0 Å². The third-order valence-electron chi connectivity index (χ3n) is 4.06. The predicted octanol–water partition coefficient (Wildman–Crippen LogP) is 2.35. The van der Waals surface area contributed by atoms with Crippen LogP contribution in [0.3, 0.4) is 0 Å². The molecular weight excluding hydrogens is 270 g/mol. The molecule has 116 valence electrons. The molecule has 0 spiro atoms. The van der Waals surface area contributed by atoms with Gasteiger partial charge in [0.2, 0.25) is 0 Å². The van der Waals surface area contributed by atoms with E-state index in [0.29, 0.717) is 18.1 Å². The summed E-state index contributed by atoms with van der Waals surface area (Å²) in [4.78, 5) is 20.7. The predicted molar refractivity (Wildman–Crippen MR) is 78.9 cm³/mol. The van der Waals surface area contributed by atoms with Crippen LogP contribution in [-0.2, 0) is 15.1 Å². The van der Waals surface area contributed by atoms with Gasteiger partial charge in [-0.1, -0.05) is 19.3 Å². The highest BCUT2D eigenvalue weighted by Crippen LogP contribution is 2.39. The largest absolute Gasteiger partial charge is 0.462 e. The first-order valence-corrected chi connectivity index (χ1v) is 7.41. The molecule has 6 heteroatoms. The highest BCUT2D eigenvalue weighted by molar-refractivity contribution is 5.95. The summed E-state index contributed by atoms with van der Waals surface area (Å²) in [6, 6.07) is 0. The van der Waals surface area contributed by atoms with Crippen molar-refractivity contribution in [1.29, 1.82) is 0 Å². The van der Waals surface area contributed by atoms with E-state index in [0.717, 1.165) is 25.7 Å². The van der Waals surface area contributed by atoms with Crippen LogP contribution in [0.1, 0.15) is 60.9 Å². The van der Waals surface area contributed by atoms with Crippen molar-refractivity contribution in [1.82, 2.24) is 9.97 Å². The molecule has 0 atom stereocenters. The maximum Gasteiger partial charge on any atom is 0.343 e. The molecule has 1 aliphatic rings. The zero-order valence-electron chi connectivity index (χ0n) is 12.9. The molecule has 1 heterocycles. The lowest BCUT2D eigenvalue weighted by Crippen LogP contribution is -2.34. The van der Waals surface area contributed by atoms with Crippen molar-refractivity contribution in [2.24, 2.45) is 0 Å². The number of hydrogen-bond donors (Lipinski definition) is 1. The Morgan fingerprint density at radius 2 is 1.95 bits per heavy atom. The molecule has 1 aliphatic carbocycles. The minimum Gasteiger partial charge on any atom is -0.462 e. The Kier molecular flexibility index (Phi) is 4.77. The van der Waals surface area contributed by atoms with Crippen LogP contribution in [0.2, 0.25) is 0 Å². The number of rotatable bonds is 4. The number of aromatic nitrogens is 2. The van der Waals surface area contributed by atoms with Crippen molar-refractivity contribution in [2.75, 3.05) is 19.5 Å². The third kappa shape index (κ3) is 3.00. The van der Waals surface area contributed by atoms with Gasteiger partial charge in [-0.05, 0) is 26.7 Å². The lowest BCUT2D eigenvalue weighted by atomic mass is 9.83. The molecule has 0 saturated heterocycles. The van der Waals surface area contributed by atoms with Crippen LogP contribution in [0, 0.1) is 6.92 Å². The van der Waals surface area contributed by atoms with E-state index in [1.54, 1.807) is 21.0 Å². The van der Waals surface area contributed by atoms with Crippen LogP contribution >= 0.6 is 0 Å². The number of methoxy groups -OCH3 is 1. The number of carbonyl (C=O) groups is 1. The Hall–Kier alpha value is -1.69. The van der Waals surface area contributed by atoms with Crippen molar-refractivity contribution in [3.05, 3.63) is 17.1 Å². The Morgan fingerprint density at radius 3 is 2.48 bits per heavy atom. The number of carbonyl (C=O) groups excluding carboxylic acids is 1. The standard InChI is InChI=1S/C15H23N3O3/c1-4-21-13(19)11-10(2)17-14(18-12(11)16)15(20-3)8-6-5-7-9-15/h4-9H2,1-3H3,(H2,16,17,18). The van der Waals surface area contributed by atoms with Crippen molar-refractivity contribution < 1.29 is 14.3 Å². The Balaban J connectivity index is 2.41. The third-order valence-corrected chi connectivity index (χ3v) is 4.06.